The average molecular weight is 519 g/mol. The Labute approximate surface area is 183 Å². The number of hydrogen-bond donors (Lipinski definition) is 3. The number of aromatic nitrogens is 1. The van der Waals surface area contributed by atoms with Crippen molar-refractivity contribution in [1.29, 1.82) is 0 Å². The fourth-order valence-electron chi connectivity index (χ4n) is 2.13. The third-order valence-electron chi connectivity index (χ3n) is 3.37. The maximum absolute atomic E-state index is 12.1. The Bertz CT molecular complexity index is 804. The van der Waals surface area contributed by atoms with E-state index in [1.165, 1.54) is 18.5 Å². The van der Waals surface area contributed by atoms with Crippen LogP contribution >= 0.6 is 24.0 Å². The molecule has 28 heavy (non-hydrogen) atoms. The quantitative estimate of drug-likeness (QED) is 0.191. The lowest BCUT2D eigenvalue weighted by Crippen LogP contribution is -2.40. The van der Waals surface area contributed by atoms with Gasteiger partial charge in [0.05, 0.1) is 13.1 Å². The summed E-state index contributed by atoms with van der Waals surface area (Å²) in [7, 11) is -3.56. The smallest absolute Gasteiger partial charge is 0.242 e. The van der Waals surface area contributed by atoms with Crippen molar-refractivity contribution in [2.24, 2.45) is 4.99 Å². The number of nitrogens with zero attached hydrogens (tertiary/aromatic N) is 2. The highest BCUT2D eigenvalue weighted by atomic mass is 127. The van der Waals surface area contributed by atoms with Crippen LogP contribution in [-0.4, -0.2) is 52.1 Å². The Kier molecular flexibility index (Phi) is 11.4. The first-order chi connectivity index (χ1) is 13.1. The number of halogens is 1. The van der Waals surface area contributed by atoms with Gasteiger partial charge in [-0.1, -0.05) is 18.2 Å². The summed E-state index contributed by atoms with van der Waals surface area (Å²) in [6, 6.07) is 12.6. The van der Waals surface area contributed by atoms with Crippen molar-refractivity contribution in [3.05, 3.63) is 54.9 Å². The van der Waals surface area contributed by atoms with Crippen molar-refractivity contribution < 1.29 is 13.2 Å². The van der Waals surface area contributed by atoms with Crippen molar-refractivity contribution >= 4 is 40.0 Å². The predicted octanol–water partition coefficient (Wildman–Crippen LogP) is 1.61. The van der Waals surface area contributed by atoms with E-state index in [4.69, 9.17) is 4.74 Å². The lowest BCUT2D eigenvalue weighted by molar-refractivity contribution is 0.322. The summed E-state index contributed by atoms with van der Waals surface area (Å²) in [6.07, 6.45) is 2.84. The molecule has 0 unspecified atom stereocenters. The van der Waals surface area contributed by atoms with Gasteiger partial charge >= 0.3 is 0 Å². The molecule has 0 bridgehead atoms. The zero-order valence-corrected chi connectivity index (χ0v) is 18.8. The lowest BCUT2D eigenvalue weighted by Gasteiger charge is -2.12. The summed E-state index contributed by atoms with van der Waals surface area (Å²) in [5.41, 5.74) is 0. The van der Waals surface area contributed by atoms with E-state index in [9.17, 15) is 8.42 Å². The zero-order valence-electron chi connectivity index (χ0n) is 15.7. The van der Waals surface area contributed by atoms with Crippen LogP contribution in [0.2, 0.25) is 0 Å². The van der Waals surface area contributed by atoms with Gasteiger partial charge < -0.3 is 15.4 Å². The van der Waals surface area contributed by atoms with E-state index >= 15 is 0 Å². The van der Waals surface area contributed by atoms with Gasteiger partial charge in [0.25, 0.3) is 0 Å². The summed E-state index contributed by atoms with van der Waals surface area (Å²) in [6.45, 7) is 4.21. The Morgan fingerprint density at radius 2 is 1.89 bits per heavy atom. The molecule has 0 aliphatic heterocycles. The molecule has 0 fully saturated rings. The van der Waals surface area contributed by atoms with Crippen LogP contribution in [0.25, 0.3) is 0 Å². The predicted molar refractivity (Wildman–Crippen MR) is 121 cm³/mol. The number of nitrogens with one attached hydrogen (secondary N) is 3. The van der Waals surface area contributed by atoms with E-state index in [1.54, 1.807) is 6.07 Å². The Hall–Kier alpha value is -1.92. The zero-order chi connectivity index (χ0) is 19.4. The molecule has 0 spiro atoms. The number of sulfonamides is 1. The normalized spacial score (nSPS) is 11.4. The fourth-order valence-corrected chi connectivity index (χ4v) is 3.12. The number of para-hydroxylation sites is 1. The van der Waals surface area contributed by atoms with Crippen molar-refractivity contribution in [2.75, 3.05) is 32.8 Å². The van der Waals surface area contributed by atoms with Crippen molar-refractivity contribution in [3.63, 3.8) is 0 Å². The molecule has 154 valence electrons. The molecule has 1 heterocycles. The van der Waals surface area contributed by atoms with Gasteiger partial charge in [-0.3, -0.25) is 9.98 Å². The number of aliphatic imine (C=N–C) groups is 1. The van der Waals surface area contributed by atoms with Crippen molar-refractivity contribution in [3.8, 4) is 5.75 Å². The molecule has 0 saturated carbocycles. The molecule has 1 aromatic carbocycles. The summed E-state index contributed by atoms with van der Waals surface area (Å²) in [5.74, 6) is 1.42. The minimum Gasteiger partial charge on any atom is -0.492 e. The monoisotopic (exact) mass is 519 g/mol. The molecule has 1 aromatic heterocycles. The molecular weight excluding hydrogens is 493 g/mol. The molecule has 0 radical (unpaired) electrons. The van der Waals surface area contributed by atoms with Crippen LogP contribution in [0.15, 0.2) is 64.7 Å². The summed E-state index contributed by atoms with van der Waals surface area (Å²) >= 11 is 0. The summed E-state index contributed by atoms with van der Waals surface area (Å²) in [5, 5.41) is 6.25. The maximum Gasteiger partial charge on any atom is 0.242 e. The number of benzene rings is 1. The lowest BCUT2D eigenvalue weighted by atomic mass is 10.3. The molecular formula is C18H26IN5O3S. The number of guanidine groups is 1. The third-order valence-corrected chi connectivity index (χ3v) is 4.82. The highest BCUT2D eigenvalue weighted by Gasteiger charge is 2.12. The van der Waals surface area contributed by atoms with Gasteiger partial charge in [0.15, 0.2) is 5.96 Å². The molecule has 8 nitrogen and oxygen atoms in total. The van der Waals surface area contributed by atoms with E-state index in [1.807, 2.05) is 37.3 Å². The van der Waals surface area contributed by atoms with Gasteiger partial charge in [-0.25, -0.2) is 13.1 Å². The third kappa shape index (κ3) is 8.85. The summed E-state index contributed by atoms with van der Waals surface area (Å²) < 4.78 is 32.3. The van der Waals surface area contributed by atoms with Gasteiger partial charge in [0.2, 0.25) is 10.0 Å². The molecule has 0 amide bonds. The molecule has 2 aromatic rings. The SMILES string of the molecule is CCNC(=NCCNS(=O)(=O)c1cccnc1)NCCOc1ccccc1.I. The van der Waals surface area contributed by atoms with Gasteiger partial charge in [-0.15, -0.1) is 24.0 Å². The Morgan fingerprint density at radius 3 is 2.57 bits per heavy atom. The summed E-state index contributed by atoms with van der Waals surface area (Å²) in [4.78, 5) is 8.30. The second-order valence-corrected chi connectivity index (χ2v) is 7.20. The highest BCUT2D eigenvalue weighted by Crippen LogP contribution is 2.07. The number of ether oxygens (including phenoxy) is 1. The van der Waals surface area contributed by atoms with Crippen molar-refractivity contribution in [1.82, 2.24) is 20.3 Å². The van der Waals surface area contributed by atoms with Gasteiger partial charge in [-0.2, -0.15) is 0 Å². The minimum absolute atomic E-state index is 0. The minimum atomic E-state index is -3.56. The molecule has 10 heteroatoms. The fraction of sp³-hybridized carbons (Fsp3) is 0.333. The van der Waals surface area contributed by atoms with Crippen LogP contribution in [0.3, 0.4) is 0 Å². The first-order valence-corrected chi connectivity index (χ1v) is 10.2. The van der Waals surface area contributed by atoms with E-state index in [2.05, 4.69) is 25.3 Å². The largest absolute Gasteiger partial charge is 0.492 e. The number of hydrogen-bond acceptors (Lipinski definition) is 5. The van der Waals surface area contributed by atoms with Crippen molar-refractivity contribution in [2.45, 2.75) is 11.8 Å². The second kappa shape index (κ2) is 13.3. The maximum atomic E-state index is 12.1. The Balaban J connectivity index is 0.00000392. The number of rotatable bonds is 10. The highest BCUT2D eigenvalue weighted by molar-refractivity contribution is 14.0. The molecule has 0 atom stereocenters. The van der Waals surface area contributed by atoms with Gasteiger partial charge in [-0.05, 0) is 31.2 Å². The second-order valence-electron chi connectivity index (χ2n) is 5.44. The van der Waals surface area contributed by atoms with Crippen LogP contribution in [0.5, 0.6) is 5.75 Å². The van der Waals surface area contributed by atoms with Crippen LogP contribution < -0.4 is 20.1 Å². The Morgan fingerprint density at radius 1 is 1.11 bits per heavy atom. The molecule has 3 N–H and O–H groups in total. The van der Waals surface area contributed by atoms with E-state index in [0.29, 0.717) is 32.2 Å². The van der Waals surface area contributed by atoms with E-state index in [-0.39, 0.29) is 35.4 Å². The van der Waals surface area contributed by atoms with Gasteiger partial charge in [0, 0.05) is 25.5 Å². The average Bonchev–Trinajstić information content (AvgIpc) is 2.70. The van der Waals surface area contributed by atoms with Crippen LogP contribution in [0.1, 0.15) is 6.92 Å². The van der Waals surface area contributed by atoms with E-state index in [0.717, 1.165) is 5.75 Å². The molecule has 0 aliphatic carbocycles. The number of pyridine rings is 1. The van der Waals surface area contributed by atoms with Crippen LogP contribution in [0.4, 0.5) is 0 Å². The first kappa shape index (κ1) is 24.1. The molecule has 2 rings (SSSR count). The van der Waals surface area contributed by atoms with Crippen LogP contribution in [0, 0.1) is 0 Å². The van der Waals surface area contributed by atoms with E-state index < -0.39 is 10.0 Å². The first-order valence-electron chi connectivity index (χ1n) is 8.71. The molecule has 0 saturated heterocycles. The van der Waals surface area contributed by atoms with Crippen LogP contribution in [-0.2, 0) is 10.0 Å². The molecule has 0 aliphatic rings. The van der Waals surface area contributed by atoms with Gasteiger partial charge in [0.1, 0.15) is 17.3 Å². The topological polar surface area (TPSA) is 105 Å². The standard InChI is InChI=1S/C18H25N5O3S.HI/c1-2-20-18(22-13-14-26-16-7-4-3-5-8-16)21-11-12-23-27(24,25)17-9-6-10-19-15-17;/h3-10,15,23H,2,11-14H2,1H3,(H2,20,21,22);1H.